The molecule has 6 nitrogen and oxygen atoms in total. The van der Waals surface area contributed by atoms with Gasteiger partial charge in [-0.3, -0.25) is 9.59 Å². The second kappa shape index (κ2) is 8.00. The number of morpholine rings is 1. The van der Waals surface area contributed by atoms with E-state index < -0.39 is 12.0 Å². The number of nitrogens with zero attached hydrogens (tertiary/aromatic N) is 1. The summed E-state index contributed by atoms with van der Waals surface area (Å²) in [6.07, 6.45) is 0.204. The van der Waals surface area contributed by atoms with Crippen LogP contribution in [-0.2, 0) is 14.3 Å². The Balaban J connectivity index is 1.71. The Morgan fingerprint density at radius 3 is 2.91 bits per heavy atom. The first-order valence-corrected chi connectivity index (χ1v) is 7.51. The highest BCUT2D eigenvalue weighted by atomic mass is 35.5. The summed E-state index contributed by atoms with van der Waals surface area (Å²) in [5, 5.41) is 0.548. The van der Waals surface area contributed by atoms with E-state index in [1.807, 2.05) is 12.1 Å². The topological polar surface area (TPSA) is 81.9 Å². The minimum Gasteiger partial charge on any atom is -0.492 e. The van der Waals surface area contributed by atoms with Crippen molar-refractivity contribution >= 4 is 23.4 Å². The minimum atomic E-state index is -0.711. The number of halogens is 1. The molecule has 0 unspecified atom stereocenters. The fourth-order valence-electron chi connectivity index (χ4n) is 2.17. The van der Waals surface area contributed by atoms with E-state index in [4.69, 9.17) is 26.8 Å². The maximum absolute atomic E-state index is 12.1. The summed E-state index contributed by atoms with van der Waals surface area (Å²) in [5.41, 5.74) is 5.20. The van der Waals surface area contributed by atoms with Crippen molar-refractivity contribution in [2.24, 2.45) is 5.73 Å². The molecule has 1 aromatic carbocycles. The van der Waals surface area contributed by atoms with Crippen molar-refractivity contribution in [1.82, 2.24) is 4.90 Å². The van der Waals surface area contributed by atoms with E-state index in [1.165, 1.54) is 0 Å². The zero-order valence-corrected chi connectivity index (χ0v) is 12.9. The number of primary amides is 1. The summed E-state index contributed by atoms with van der Waals surface area (Å²) in [7, 11) is 0. The lowest BCUT2D eigenvalue weighted by atomic mass is 10.2. The van der Waals surface area contributed by atoms with Crippen molar-refractivity contribution in [1.29, 1.82) is 0 Å². The number of rotatable bonds is 6. The number of benzene rings is 1. The van der Waals surface area contributed by atoms with Gasteiger partial charge in [0.25, 0.3) is 0 Å². The Kier molecular flexibility index (Phi) is 6.03. The SMILES string of the molecule is NC(=O)[C@H]1CN(C(=O)CCCOc2ccccc2Cl)CCO1. The van der Waals surface area contributed by atoms with E-state index in [0.29, 0.717) is 43.4 Å². The van der Waals surface area contributed by atoms with Gasteiger partial charge in [0.05, 0.1) is 24.8 Å². The number of carbonyl (C=O) groups excluding carboxylic acids is 2. The molecular weight excluding hydrogens is 308 g/mol. The lowest BCUT2D eigenvalue weighted by Crippen LogP contribution is -2.50. The summed E-state index contributed by atoms with van der Waals surface area (Å²) in [5.74, 6) is 0.0358. The zero-order valence-electron chi connectivity index (χ0n) is 12.2. The molecule has 1 aliphatic heterocycles. The van der Waals surface area contributed by atoms with Gasteiger partial charge in [-0.2, -0.15) is 0 Å². The van der Waals surface area contributed by atoms with Gasteiger partial charge < -0.3 is 20.1 Å². The smallest absolute Gasteiger partial charge is 0.248 e. The van der Waals surface area contributed by atoms with Gasteiger partial charge in [-0.15, -0.1) is 0 Å². The van der Waals surface area contributed by atoms with Gasteiger partial charge in [0, 0.05) is 13.0 Å². The monoisotopic (exact) mass is 326 g/mol. The van der Waals surface area contributed by atoms with E-state index in [-0.39, 0.29) is 12.5 Å². The highest BCUT2D eigenvalue weighted by molar-refractivity contribution is 6.32. The number of ether oxygens (including phenoxy) is 2. The summed E-state index contributed by atoms with van der Waals surface area (Å²) < 4.78 is 10.7. The van der Waals surface area contributed by atoms with Crippen LogP contribution in [0.1, 0.15) is 12.8 Å². The Morgan fingerprint density at radius 2 is 2.18 bits per heavy atom. The van der Waals surface area contributed by atoms with E-state index in [9.17, 15) is 9.59 Å². The van der Waals surface area contributed by atoms with Crippen LogP contribution in [0.3, 0.4) is 0 Å². The fourth-order valence-corrected chi connectivity index (χ4v) is 2.36. The molecule has 1 fully saturated rings. The summed E-state index contributed by atoms with van der Waals surface area (Å²) in [4.78, 5) is 24.8. The zero-order chi connectivity index (χ0) is 15.9. The second-order valence-corrected chi connectivity index (χ2v) is 5.39. The predicted octanol–water partition coefficient (Wildman–Crippen LogP) is 1.21. The van der Waals surface area contributed by atoms with Crippen LogP contribution in [-0.4, -0.2) is 49.1 Å². The molecular formula is C15H19ClN2O4. The molecule has 0 aliphatic carbocycles. The number of nitrogens with two attached hydrogens (primary N) is 1. The molecule has 0 aromatic heterocycles. The molecule has 120 valence electrons. The van der Waals surface area contributed by atoms with Crippen molar-refractivity contribution in [3.05, 3.63) is 29.3 Å². The lowest BCUT2D eigenvalue weighted by molar-refractivity contribution is -0.145. The predicted molar refractivity (Wildman–Crippen MR) is 81.7 cm³/mol. The standard InChI is InChI=1S/C15H19ClN2O4/c16-11-4-1-2-5-12(11)21-8-3-6-14(19)18-7-9-22-13(10-18)15(17)20/h1-2,4-5,13H,3,6-10H2,(H2,17,20)/t13-/m1/s1. The first-order valence-electron chi connectivity index (χ1n) is 7.14. The van der Waals surface area contributed by atoms with Gasteiger partial charge in [0.2, 0.25) is 11.8 Å². The maximum atomic E-state index is 12.1. The number of amides is 2. The average molecular weight is 327 g/mol. The Labute approximate surface area is 134 Å². The molecule has 0 spiro atoms. The van der Waals surface area contributed by atoms with Gasteiger partial charge in [-0.1, -0.05) is 23.7 Å². The van der Waals surface area contributed by atoms with Crippen LogP contribution in [0, 0.1) is 0 Å². The van der Waals surface area contributed by atoms with Crippen molar-refractivity contribution in [3.63, 3.8) is 0 Å². The van der Waals surface area contributed by atoms with E-state index >= 15 is 0 Å². The molecule has 7 heteroatoms. The number of hydrogen-bond acceptors (Lipinski definition) is 4. The van der Waals surface area contributed by atoms with Crippen molar-refractivity contribution in [3.8, 4) is 5.75 Å². The Bertz CT molecular complexity index is 538. The minimum absolute atomic E-state index is 0.0303. The molecule has 2 N–H and O–H groups in total. The normalized spacial score (nSPS) is 18.0. The highest BCUT2D eigenvalue weighted by Gasteiger charge is 2.27. The fraction of sp³-hybridized carbons (Fsp3) is 0.467. The van der Waals surface area contributed by atoms with Crippen LogP contribution < -0.4 is 10.5 Å². The van der Waals surface area contributed by atoms with Crippen LogP contribution >= 0.6 is 11.6 Å². The summed E-state index contributed by atoms with van der Waals surface area (Å²) in [6, 6.07) is 7.19. The number of carbonyl (C=O) groups is 2. The lowest BCUT2D eigenvalue weighted by Gasteiger charge is -2.31. The van der Waals surface area contributed by atoms with Crippen LogP contribution in [0.4, 0.5) is 0 Å². The summed E-state index contributed by atoms with van der Waals surface area (Å²) in [6.45, 7) is 1.43. The molecule has 1 aromatic rings. The first kappa shape index (κ1) is 16.6. The van der Waals surface area contributed by atoms with Gasteiger partial charge in [0.1, 0.15) is 5.75 Å². The van der Waals surface area contributed by atoms with Crippen LogP contribution in [0.25, 0.3) is 0 Å². The molecule has 0 radical (unpaired) electrons. The van der Waals surface area contributed by atoms with E-state index in [1.54, 1.807) is 17.0 Å². The van der Waals surface area contributed by atoms with Crippen molar-refractivity contribution < 1.29 is 19.1 Å². The van der Waals surface area contributed by atoms with E-state index in [2.05, 4.69) is 0 Å². The van der Waals surface area contributed by atoms with Crippen molar-refractivity contribution in [2.75, 3.05) is 26.3 Å². The highest BCUT2D eigenvalue weighted by Crippen LogP contribution is 2.23. The van der Waals surface area contributed by atoms with Gasteiger partial charge in [-0.05, 0) is 18.6 Å². The van der Waals surface area contributed by atoms with E-state index in [0.717, 1.165) is 0 Å². The van der Waals surface area contributed by atoms with Gasteiger partial charge in [0.15, 0.2) is 6.10 Å². The molecule has 2 rings (SSSR count). The second-order valence-electron chi connectivity index (χ2n) is 4.98. The van der Waals surface area contributed by atoms with Gasteiger partial charge in [-0.25, -0.2) is 0 Å². The summed E-state index contributed by atoms with van der Waals surface area (Å²) >= 11 is 5.98. The Hall–Kier alpha value is -1.79. The average Bonchev–Trinajstić information content (AvgIpc) is 2.53. The molecule has 0 saturated carbocycles. The number of hydrogen-bond donors (Lipinski definition) is 1. The Morgan fingerprint density at radius 1 is 1.41 bits per heavy atom. The van der Waals surface area contributed by atoms with Crippen LogP contribution in [0.5, 0.6) is 5.75 Å². The molecule has 1 aliphatic rings. The van der Waals surface area contributed by atoms with Crippen LogP contribution in [0.2, 0.25) is 5.02 Å². The quantitative estimate of drug-likeness (QED) is 0.797. The van der Waals surface area contributed by atoms with Crippen molar-refractivity contribution in [2.45, 2.75) is 18.9 Å². The van der Waals surface area contributed by atoms with Crippen LogP contribution in [0.15, 0.2) is 24.3 Å². The van der Waals surface area contributed by atoms with Gasteiger partial charge >= 0.3 is 0 Å². The molecule has 2 amide bonds. The third-order valence-corrected chi connectivity index (χ3v) is 3.68. The molecule has 1 heterocycles. The third-order valence-electron chi connectivity index (χ3n) is 3.37. The maximum Gasteiger partial charge on any atom is 0.248 e. The molecule has 22 heavy (non-hydrogen) atoms. The third kappa shape index (κ3) is 4.61. The molecule has 1 atom stereocenters. The first-order chi connectivity index (χ1) is 10.6. The molecule has 1 saturated heterocycles. The largest absolute Gasteiger partial charge is 0.492 e. The number of para-hydroxylation sites is 1. The molecule has 0 bridgehead atoms.